The summed E-state index contributed by atoms with van der Waals surface area (Å²) in [7, 11) is 1.90. The van der Waals surface area contributed by atoms with Crippen molar-refractivity contribution in [1.29, 1.82) is 0 Å². The third-order valence-electron chi connectivity index (χ3n) is 1.11. The van der Waals surface area contributed by atoms with E-state index >= 15 is 0 Å². The zero-order valence-corrected chi connectivity index (χ0v) is 7.52. The van der Waals surface area contributed by atoms with Crippen LogP contribution in [0.4, 0.5) is 0 Å². The molecule has 0 fully saturated rings. The minimum atomic E-state index is -1.82. The SMILES string of the molecule is CNCc1ccn[nH]1.O=C(O)C(=O)O. The second-order valence-corrected chi connectivity index (χ2v) is 2.22. The van der Waals surface area contributed by atoms with Gasteiger partial charge in [-0.2, -0.15) is 5.10 Å². The first-order chi connectivity index (χ1) is 6.57. The molecule has 1 heterocycles. The molecule has 0 aliphatic heterocycles. The first kappa shape index (κ1) is 12.1. The normalized spacial score (nSPS) is 8.64. The number of carboxylic acid groups (broad SMARTS) is 2. The Balaban J connectivity index is 0.000000255. The lowest BCUT2D eigenvalue weighted by molar-refractivity contribution is -0.159. The summed E-state index contributed by atoms with van der Waals surface area (Å²) in [6.45, 7) is 0.861. The average molecular weight is 201 g/mol. The van der Waals surface area contributed by atoms with Gasteiger partial charge in [0.1, 0.15) is 0 Å². The summed E-state index contributed by atoms with van der Waals surface area (Å²) in [5, 5.41) is 24.4. The molecule has 1 aromatic rings. The predicted molar refractivity (Wildman–Crippen MR) is 46.6 cm³/mol. The fourth-order valence-corrected chi connectivity index (χ4v) is 0.574. The van der Waals surface area contributed by atoms with Crippen molar-refractivity contribution in [3.05, 3.63) is 18.0 Å². The minimum Gasteiger partial charge on any atom is -0.473 e. The maximum absolute atomic E-state index is 9.10. The Morgan fingerprint density at radius 2 is 2.07 bits per heavy atom. The molecule has 7 nitrogen and oxygen atoms in total. The number of hydrogen-bond acceptors (Lipinski definition) is 4. The number of H-pyrrole nitrogens is 1. The fourth-order valence-electron chi connectivity index (χ4n) is 0.574. The average Bonchev–Trinajstić information content (AvgIpc) is 2.58. The number of carbonyl (C=O) groups is 2. The van der Waals surface area contributed by atoms with E-state index < -0.39 is 11.9 Å². The number of carboxylic acids is 2. The summed E-state index contributed by atoms with van der Waals surface area (Å²) in [5.74, 6) is -3.65. The van der Waals surface area contributed by atoms with Crippen LogP contribution < -0.4 is 5.32 Å². The third-order valence-corrected chi connectivity index (χ3v) is 1.11. The molecule has 7 heteroatoms. The van der Waals surface area contributed by atoms with E-state index in [1.165, 1.54) is 0 Å². The van der Waals surface area contributed by atoms with Crippen molar-refractivity contribution in [2.24, 2.45) is 0 Å². The monoisotopic (exact) mass is 201 g/mol. The Hall–Kier alpha value is -1.89. The molecule has 0 aromatic carbocycles. The number of aromatic amines is 1. The standard InChI is InChI=1S/C5H9N3.C2H2O4/c1-6-4-5-2-3-7-8-5;3-1(4)2(5)6/h2-3,6H,4H2,1H3,(H,7,8);(H,3,4)(H,5,6). The topological polar surface area (TPSA) is 115 Å². The molecule has 0 bridgehead atoms. The van der Waals surface area contributed by atoms with Gasteiger partial charge in [-0.05, 0) is 13.1 Å². The highest BCUT2D eigenvalue weighted by molar-refractivity contribution is 6.27. The van der Waals surface area contributed by atoms with Crippen molar-refractivity contribution in [1.82, 2.24) is 15.5 Å². The fraction of sp³-hybridized carbons (Fsp3) is 0.286. The Morgan fingerprint density at radius 1 is 1.50 bits per heavy atom. The van der Waals surface area contributed by atoms with Gasteiger partial charge in [0, 0.05) is 18.4 Å². The van der Waals surface area contributed by atoms with E-state index in [1.54, 1.807) is 6.20 Å². The van der Waals surface area contributed by atoms with Crippen LogP contribution in [0.2, 0.25) is 0 Å². The maximum atomic E-state index is 9.10. The summed E-state index contributed by atoms with van der Waals surface area (Å²) in [4.78, 5) is 18.2. The first-order valence-electron chi connectivity index (χ1n) is 3.67. The van der Waals surface area contributed by atoms with Gasteiger partial charge in [0.25, 0.3) is 0 Å². The van der Waals surface area contributed by atoms with Crippen molar-refractivity contribution in [3.8, 4) is 0 Å². The molecule has 0 aliphatic rings. The molecule has 0 saturated carbocycles. The highest BCUT2D eigenvalue weighted by atomic mass is 16.4. The van der Waals surface area contributed by atoms with Crippen molar-refractivity contribution in [3.63, 3.8) is 0 Å². The van der Waals surface area contributed by atoms with E-state index in [-0.39, 0.29) is 0 Å². The lowest BCUT2D eigenvalue weighted by Crippen LogP contribution is -2.09. The zero-order chi connectivity index (χ0) is 11.0. The summed E-state index contributed by atoms with van der Waals surface area (Å²) in [6.07, 6.45) is 1.74. The van der Waals surface area contributed by atoms with Gasteiger partial charge in [-0.3, -0.25) is 5.10 Å². The van der Waals surface area contributed by atoms with Gasteiger partial charge in [0.15, 0.2) is 0 Å². The van der Waals surface area contributed by atoms with Gasteiger partial charge >= 0.3 is 11.9 Å². The largest absolute Gasteiger partial charge is 0.473 e. The van der Waals surface area contributed by atoms with Gasteiger partial charge in [-0.25, -0.2) is 9.59 Å². The van der Waals surface area contributed by atoms with Gasteiger partial charge < -0.3 is 15.5 Å². The van der Waals surface area contributed by atoms with Crippen LogP contribution in [0.1, 0.15) is 5.69 Å². The van der Waals surface area contributed by atoms with Crippen molar-refractivity contribution in [2.75, 3.05) is 7.05 Å². The molecule has 14 heavy (non-hydrogen) atoms. The molecule has 1 aromatic heterocycles. The molecule has 0 radical (unpaired) electrons. The Bertz CT molecular complexity index is 271. The van der Waals surface area contributed by atoms with Gasteiger partial charge in [-0.15, -0.1) is 0 Å². The second-order valence-electron chi connectivity index (χ2n) is 2.22. The van der Waals surface area contributed by atoms with E-state index in [0.717, 1.165) is 12.2 Å². The number of aromatic nitrogens is 2. The highest BCUT2D eigenvalue weighted by Gasteiger charge is 2.04. The number of nitrogens with one attached hydrogen (secondary N) is 2. The quantitative estimate of drug-likeness (QED) is 0.469. The Kier molecular flexibility index (Phi) is 5.72. The van der Waals surface area contributed by atoms with Crippen molar-refractivity contribution >= 4 is 11.9 Å². The van der Waals surface area contributed by atoms with Gasteiger partial charge in [-0.1, -0.05) is 0 Å². The lowest BCUT2D eigenvalue weighted by atomic mass is 10.4. The van der Waals surface area contributed by atoms with Crippen LogP contribution in [0.5, 0.6) is 0 Å². The molecule has 0 spiro atoms. The van der Waals surface area contributed by atoms with Crippen LogP contribution in [0, 0.1) is 0 Å². The van der Waals surface area contributed by atoms with Crippen molar-refractivity contribution in [2.45, 2.75) is 6.54 Å². The van der Waals surface area contributed by atoms with E-state index in [2.05, 4.69) is 15.5 Å². The van der Waals surface area contributed by atoms with E-state index in [0.29, 0.717) is 0 Å². The number of aliphatic carboxylic acids is 2. The first-order valence-corrected chi connectivity index (χ1v) is 3.67. The molecule has 1 rings (SSSR count). The number of rotatable bonds is 2. The predicted octanol–water partition coefficient (Wildman–Crippen LogP) is -0.715. The zero-order valence-electron chi connectivity index (χ0n) is 7.52. The van der Waals surface area contributed by atoms with Crippen LogP contribution in [0.3, 0.4) is 0 Å². The number of nitrogens with zero attached hydrogens (tertiary/aromatic N) is 1. The molecule has 4 N–H and O–H groups in total. The maximum Gasteiger partial charge on any atom is 0.414 e. The van der Waals surface area contributed by atoms with Crippen LogP contribution in [-0.4, -0.2) is 39.4 Å². The summed E-state index contributed by atoms with van der Waals surface area (Å²) in [5.41, 5.74) is 1.12. The van der Waals surface area contributed by atoms with Crippen molar-refractivity contribution < 1.29 is 19.8 Å². The third kappa shape index (κ3) is 5.72. The summed E-state index contributed by atoms with van der Waals surface area (Å²) in [6, 6.07) is 1.94. The molecule has 0 amide bonds. The highest BCUT2D eigenvalue weighted by Crippen LogP contribution is 1.87. The Morgan fingerprint density at radius 3 is 2.36 bits per heavy atom. The van der Waals surface area contributed by atoms with Crippen LogP contribution >= 0.6 is 0 Å². The van der Waals surface area contributed by atoms with Crippen LogP contribution in [-0.2, 0) is 16.1 Å². The molecule has 0 unspecified atom stereocenters. The summed E-state index contributed by atoms with van der Waals surface area (Å²) >= 11 is 0. The summed E-state index contributed by atoms with van der Waals surface area (Å²) < 4.78 is 0. The molecule has 0 atom stereocenters. The molecule has 0 saturated heterocycles. The van der Waals surface area contributed by atoms with E-state index in [9.17, 15) is 0 Å². The van der Waals surface area contributed by atoms with Gasteiger partial charge in [0.05, 0.1) is 0 Å². The molecular formula is C7H11N3O4. The minimum absolute atomic E-state index is 0.861. The molecule has 0 aliphatic carbocycles. The van der Waals surface area contributed by atoms with E-state index in [1.807, 2.05) is 13.1 Å². The molecular weight excluding hydrogens is 190 g/mol. The van der Waals surface area contributed by atoms with Crippen LogP contribution in [0.15, 0.2) is 12.3 Å². The molecule has 78 valence electrons. The van der Waals surface area contributed by atoms with Gasteiger partial charge in [0.2, 0.25) is 0 Å². The second kappa shape index (κ2) is 6.61. The lowest BCUT2D eigenvalue weighted by Gasteiger charge is -1.89. The van der Waals surface area contributed by atoms with Crippen LogP contribution in [0.25, 0.3) is 0 Å². The Labute approximate surface area is 79.8 Å². The smallest absolute Gasteiger partial charge is 0.414 e. The van der Waals surface area contributed by atoms with E-state index in [4.69, 9.17) is 19.8 Å². The number of hydrogen-bond donors (Lipinski definition) is 4.